The van der Waals surface area contributed by atoms with Crippen LogP contribution in [-0.2, 0) is 4.79 Å². The molecule has 1 saturated heterocycles. The maximum Gasteiger partial charge on any atom is 0.286 e. The second kappa shape index (κ2) is 10.2. The van der Waals surface area contributed by atoms with E-state index in [2.05, 4.69) is 10.6 Å². The Hall–Kier alpha value is -2.63. The minimum absolute atomic E-state index is 0.0289. The number of hydrogen-bond acceptors (Lipinski definition) is 4. The summed E-state index contributed by atoms with van der Waals surface area (Å²) >= 11 is 0. The normalized spacial score (nSPS) is 12.9. The van der Waals surface area contributed by atoms with Gasteiger partial charge in [0.25, 0.3) is 5.91 Å². The van der Waals surface area contributed by atoms with Crippen molar-refractivity contribution in [3.05, 3.63) is 46.3 Å². The Labute approximate surface area is 141 Å². The van der Waals surface area contributed by atoms with Crippen molar-refractivity contribution in [3.8, 4) is 0 Å². The van der Waals surface area contributed by atoms with Crippen molar-refractivity contribution >= 4 is 22.8 Å². The highest BCUT2D eigenvalue weighted by Gasteiger charge is 2.09. The molecule has 2 N–H and O–H groups in total. The molecule has 3 rings (SSSR count). The molecule has 0 radical (unpaired) electrons. The van der Waals surface area contributed by atoms with Crippen molar-refractivity contribution in [2.75, 3.05) is 13.6 Å². The molecule has 6 heteroatoms. The lowest BCUT2D eigenvalue weighted by molar-refractivity contribution is -0.122. The smallest absolute Gasteiger partial charge is 0.286 e. The van der Waals surface area contributed by atoms with Gasteiger partial charge in [-0.2, -0.15) is 0 Å². The Morgan fingerprint density at radius 1 is 1.17 bits per heavy atom. The lowest BCUT2D eigenvalue weighted by Gasteiger charge is -2.08. The van der Waals surface area contributed by atoms with Gasteiger partial charge in [0.15, 0.2) is 11.2 Å². The highest BCUT2D eigenvalue weighted by Crippen LogP contribution is 2.11. The Morgan fingerprint density at radius 2 is 1.88 bits per heavy atom. The fourth-order valence-corrected chi connectivity index (χ4v) is 2.07. The molecular formula is C18H24N2O4. The summed E-state index contributed by atoms with van der Waals surface area (Å²) in [7, 11) is 1.48. The molecule has 6 nitrogen and oxygen atoms in total. The molecular weight excluding hydrogens is 308 g/mol. The van der Waals surface area contributed by atoms with Gasteiger partial charge in [0.1, 0.15) is 5.58 Å². The van der Waals surface area contributed by atoms with E-state index in [-0.39, 0.29) is 17.1 Å². The predicted octanol–water partition coefficient (Wildman–Crippen LogP) is 2.47. The van der Waals surface area contributed by atoms with Crippen molar-refractivity contribution in [3.63, 3.8) is 0 Å². The number of hydrogen-bond donors (Lipinski definition) is 2. The van der Waals surface area contributed by atoms with E-state index in [0.29, 0.717) is 11.0 Å². The van der Waals surface area contributed by atoms with Crippen LogP contribution in [0.1, 0.15) is 43.7 Å². The third kappa shape index (κ3) is 5.53. The van der Waals surface area contributed by atoms with Crippen LogP contribution in [0.2, 0.25) is 0 Å². The largest absolute Gasteiger partial charge is 0.451 e. The Bertz CT molecular complexity index is 729. The number of para-hydroxylation sites is 1. The van der Waals surface area contributed by atoms with E-state index in [9.17, 15) is 14.4 Å². The van der Waals surface area contributed by atoms with E-state index in [1.807, 2.05) is 13.8 Å². The van der Waals surface area contributed by atoms with Crippen molar-refractivity contribution < 1.29 is 14.0 Å². The standard InChI is InChI=1S/C11H9NO3.C5H9NO.C2H6/c1-12-11(14)10-6-8(13)7-4-2-3-5-9(7)15-10;7-5-3-1-2-4-6-5;1-2/h2-6H,1H3,(H,12,14);1-4H2,(H,6,7);1-2H3. The van der Waals surface area contributed by atoms with Gasteiger partial charge < -0.3 is 15.1 Å². The summed E-state index contributed by atoms with van der Waals surface area (Å²) in [5, 5.41) is 5.62. The Balaban J connectivity index is 0.000000268. The van der Waals surface area contributed by atoms with E-state index in [1.54, 1.807) is 24.3 Å². The number of amides is 2. The number of nitrogens with one attached hydrogen (secondary N) is 2. The molecule has 0 aliphatic carbocycles. The average molecular weight is 332 g/mol. The molecule has 1 aliphatic rings. The zero-order chi connectivity index (χ0) is 17.9. The highest BCUT2D eigenvalue weighted by molar-refractivity contribution is 5.92. The van der Waals surface area contributed by atoms with Crippen LogP contribution in [0.5, 0.6) is 0 Å². The van der Waals surface area contributed by atoms with Crippen molar-refractivity contribution in [2.45, 2.75) is 33.1 Å². The fourth-order valence-electron chi connectivity index (χ4n) is 2.07. The molecule has 0 saturated carbocycles. The van der Waals surface area contributed by atoms with Gasteiger partial charge in [0.05, 0.1) is 5.39 Å². The van der Waals surface area contributed by atoms with Crippen LogP contribution in [0.4, 0.5) is 0 Å². The van der Waals surface area contributed by atoms with E-state index in [4.69, 9.17) is 4.42 Å². The van der Waals surface area contributed by atoms with Crippen LogP contribution in [0, 0.1) is 0 Å². The molecule has 130 valence electrons. The summed E-state index contributed by atoms with van der Waals surface area (Å²) in [6.07, 6.45) is 2.97. The molecule has 0 atom stereocenters. The predicted molar refractivity (Wildman–Crippen MR) is 94.1 cm³/mol. The lowest BCUT2D eigenvalue weighted by atomic mass is 10.2. The minimum Gasteiger partial charge on any atom is -0.451 e. The molecule has 1 fully saturated rings. The van der Waals surface area contributed by atoms with Crippen LogP contribution >= 0.6 is 0 Å². The fraction of sp³-hybridized carbons (Fsp3) is 0.389. The molecule has 1 aromatic heterocycles. The molecule has 24 heavy (non-hydrogen) atoms. The number of carbonyl (C=O) groups is 2. The average Bonchev–Trinajstić information content (AvgIpc) is 2.64. The van der Waals surface area contributed by atoms with Crippen LogP contribution in [0.15, 0.2) is 39.5 Å². The first-order chi connectivity index (χ1) is 11.6. The summed E-state index contributed by atoms with van der Waals surface area (Å²) in [5.74, 6) is -0.162. The summed E-state index contributed by atoms with van der Waals surface area (Å²) in [5.41, 5.74) is 0.207. The second-order valence-corrected chi connectivity index (χ2v) is 4.86. The van der Waals surface area contributed by atoms with Crippen LogP contribution in [0.25, 0.3) is 11.0 Å². The molecule has 2 amide bonds. The van der Waals surface area contributed by atoms with Crippen LogP contribution in [0.3, 0.4) is 0 Å². The minimum atomic E-state index is -0.405. The third-order valence-corrected chi connectivity index (χ3v) is 3.24. The van der Waals surface area contributed by atoms with Gasteiger partial charge in [-0.05, 0) is 25.0 Å². The van der Waals surface area contributed by atoms with E-state index >= 15 is 0 Å². The van der Waals surface area contributed by atoms with Gasteiger partial charge in [-0.3, -0.25) is 14.4 Å². The van der Waals surface area contributed by atoms with Gasteiger partial charge in [-0.1, -0.05) is 26.0 Å². The first kappa shape index (κ1) is 19.4. The SMILES string of the molecule is CC.CNC(=O)c1cc(=O)c2ccccc2o1.O=C1CCCCN1. The van der Waals surface area contributed by atoms with Crippen molar-refractivity contribution in [1.82, 2.24) is 10.6 Å². The Morgan fingerprint density at radius 3 is 2.42 bits per heavy atom. The first-order valence-electron chi connectivity index (χ1n) is 8.13. The number of piperidine rings is 1. The Kier molecular flexibility index (Phi) is 8.25. The maximum absolute atomic E-state index is 11.6. The van der Waals surface area contributed by atoms with Gasteiger partial charge >= 0.3 is 0 Å². The van der Waals surface area contributed by atoms with E-state index in [0.717, 1.165) is 25.8 Å². The number of benzene rings is 1. The number of rotatable bonds is 1. The first-order valence-corrected chi connectivity index (χ1v) is 8.13. The summed E-state index contributed by atoms with van der Waals surface area (Å²) in [6.45, 7) is 4.89. The highest BCUT2D eigenvalue weighted by atomic mass is 16.3. The summed E-state index contributed by atoms with van der Waals surface area (Å²) in [4.78, 5) is 33.2. The zero-order valence-corrected chi connectivity index (χ0v) is 14.3. The monoisotopic (exact) mass is 332 g/mol. The van der Waals surface area contributed by atoms with Gasteiger partial charge in [-0.15, -0.1) is 0 Å². The van der Waals surface area contributed by atoms with Gasteiger partial charge in [0.2, 0.25) is 5.91 Å². The van der Waals surface area contributed by atoms with E-state index < -0.39 is 5.91 Å². The van der Waals surface area contributed by atoms with Crippen LogP contribution in [-0.4, -0.2) is 25.4 Å². The van der Waals surface area contributed by atoms with Gasteiger partial charge in [-0.25, -0.2) is 0 Å². The topological polar surface area (TPSA) is 88.4 Å². The number of carbonyl (C=O) groups excluding carboxylic acids is 2. The molecule has 0 unspecified atom stereocenters. The zero-order valence-electron chi connectivity index (χ0n) is 14.3. The van der Waals surface area contributed by atoms with Crippen LogP contribution < -0.4 is 16.1 Å². The summed E-state index contributed by atoms with van der Waals surface area (Å²) in [6, 6.07) is 8.01. The number of fused-ring (bicyclic) bond motifs is 1. The quantitative estimate of drug-likeness (QED) is 0.839. The van der Waals surface area contributed by atoms with Crippen molar-refractivity contribution in [2.24, 2.45) is 0 Å². The summed E-state index contributed by atoms with van der Waals surface area (Å²) < 4.78 is 5.28. The third-order valence-electron chi connectivity index (χ3n) is 3.24. The van der Waals surface area contributed by atoms with Gasteiger partial charge in [0, 0.05) is 26.1 Å². The molecule has 1 aromatic carbocycles. The molecule has 0 bridgehead atoms. The molecule has 1 aliphatic heterocycles. The molecule has 2 aromatic rings. The molecule has 2 heterocycles. The van der Waals surface area contributed by atoms with Crippen molar-refractivity contribution in [1.29, 1.82) is 0 Å². The molecule has 0 spiro atoms. The van der Waals surface area contributed by atoms with E-state index in [1.165, 1.54) is 13.1 Å². The second-order valence-electron chi connectivity index (χ2n) is 4.86. The maximum atomic E-state index is 11.6. The lowest BCUT2D eigenvalue weighted by Crippen LogP contribution is -2.28.